The first-order chi connectivity index (χ1) is 37.3. The van der Waals surface area contributed by atoms with E-state index in [0.717, 1.165) is 16.7 Å². The zero-order valence-corrected chi connectivity index (χ0v) is 41.2. The molecule has 0 amide bonds. The molecule has 0 radical (unpaired) electrons. The summed E-state index contributed by atoms with van der Waals surface area (Å²) in [5.74, 6) is -3.38. The van der Waals surface area contributed by atoms with Crippen LogP contribution >= 0.6 is 0 Å². The highest BCUT2D eigenvalue weighted by molar-refractivity contribution is 5.91. The van der Waals surface area contributed by atoms with Gasteiger partial charge in [0.25, 0.3) is 0 Å². The van der Waals surface area contributed by atoms with E-state index in [4.69, 9.17) is 47.4 Å². The van der Waals surface area contributed by atoms with E-state index in [-0.39, 0.29) is 48.7 Å². The zero-order valence-electron chi connectivity index (χ0n) is 41.2. The quantitative estimate of drug-likeness (QED) is 0.0533. The van der Waals surface area contributed by atoms with Crippen LogP contribution in [0.1, 0.15) is 58.1 Å². The van der Waals surface area contributed by atoms with Gasteiger partial charge in [-0.3, -0.25) is 0 Å². The van der Waals surface area contributed by atoms with Crippen molar-refractivity contribution in [1.29, 1.82) is 0 Å². The summed E-state index contributed by atoms with van der Waals surface area (Å²) in [6, 6.07) is 60.5. The van der Waals surface area contributed by atoms with Gasteiger partial charge in [-0.05, 0) is 65.2 Å². The van der Waals surface area contributed by atoms with Gasteiger partial charge in [0.1, 0.15) is 37.1 Å². The average Bonchev–Trinajstić information content (AvgIpc) is 3.50. The van der Waals surface area contributed by atoms with Gasteiger partial charge in [0, 0.05) is 0 Å². The Hall–Kier alpha value is -7.86. The van der Waals surface area contributed by atoms with Crippen LogP contribution < -0.4 is 0 Å². The van der Waals surface area contributed by atoms with Gasteiger partial charge < -0.3 is 52.5 Å². The van der Waals surface area contributed by atoms with Crippen molar-refractivity contribution in [3.8, 4) is 0 Å². The van der Waals surface area contributed by atoms with Crippen molar-refractivity contribution in [3.63, 3.8) is 0 Å². The van der Waals surface area contributed by atoms with Crippen LogP contribution in [-0.4, -0.2) is 104 Å². The number of aliphatic hydroxyl groups is 1. The summed E-state index contributed by atoms with van der Waals surface area (Å²) in [6.07, 6.45) is -14.9. The van der Waals surface area contributed by atoms with E-state index in [2.05, 4.69) is 0 Å². The Morgan fingerprint density at radius 2 is 0.737 bits per heavy atom. The second-order valence-corrected chi connectivity index (χ2v) is 17.9. The molecule has 0 unspecified atom stereocenters. The molecule has 0 bridgehead atoms. The molecule has 2 heterocycles. The summed E-state index contributed by atoms with van der Waals surface area (Å²) in [6.45, 7) is -0.608. The molecule has 15 heteroatoms. The van der Waals surface area contributed by atoms with Crippen LogP contribution in [0.15, 0.2) is 212 Å². The Balaban J connectivity index is 1.15. The van der Waals surface area contributed by atoms with Crippen molar-refractivity contribution in [2.75, 3.05) is 13.2 Å². The first-order valence-corrected chi connectivity index (χ1v) is 24.8. The van der Waals surface area contributed by atoms with E-state index in [9.17, 15) is 24.3 Å². The van der Waals surface area contributed by atoms with Crippen molar-refractivity contribution >= 4 is 23.9 Å². The molecule has 0 aliphatic carbocycles. The van der Waals surface area contributed by atoms with E-state index in [0.29, 0.717) is 0 Å². The van der Waals surface area contributed by atoms with Gasteiger partial charge in [-0.25, -0.2) is 19.2 Å². The van der Waals surface area contributed by atoms with Crippen LogP contribution in [0.25, 0.3) is 0 Å². The third-order valence-electron chi connectivity index (χ3n) is 12.6. The van der Waals surface area contributed by atoms with Gasteiger partial charge in [-0.2, -0.15) is 0 Å². The molecule has 2 saturated heterocycles. The van der Waals surface area contributed by atoms with Crippen LogP contribution in [0.3, 0.4) is 0 Å². The largest absolute Gasteiger partial charge is 0.459 e. The maximum atomic E-state index is 14.5. The van der Waals surface area contributed by atoms with Crippen molar-refractivity contribution in [2.24, 2.45) is 0 Å². The van der Waals surface area contributed by atoms with E-state index in [1.165, 1.54) is 36.4 Å². The number of ether oxygens (including phenoxy) is 10. The second-order valence-electron chi connectivity index (χ2n) is 17.9. The molecule has 10 atom stereocenters. The fourth-order valence-corrected chi connectivity index (χ4v) is 8.75. The minimum absolute atomic E-state index is 0.00566. The van der Waals surface area contributed by atoms with Crippen LogP contribution in [-0.2, 0) is 67.2 Å². The minimum Gasteiger partial charge on any atom is -0.459 e. The highest BCUT2D eigenvalue weighted by atomic mass is 16.8. The van der Waals surface area contributed by atoms with Crippen molar-refractivity contribution < 1.29 is 71.7 Å². The summed E-state index contributed by atoms with van der Waals surface area (Å²) in [4.78, 5) is 56.8. The lowest BCUT2D eigenvalue weighted by Crippen LogP contribution is -2.67. The van der Waals surface area contributed by atoms with Crippen molar-refractivity contribution in [2.45, 2.75) is 81.2 Å². The maximum Gasteiger partial charge on any atom is 0.338 e. The third-order valence-corrected chi connectivity index (χ3v) is 12.6. The van der Waals surface area contributed by atoms with Crippen LogP contribution in [0.5, 0.6) is 0 Å². The molecule has 0 aromatic heterocycles. The van der Waals surface area contributed by atoms with Crippen LogP contribution in [0, 0.1) is 0 Å². The third kappa shape index (κ3) is 14.1. The van der Waals surface area contributed by atoms with E-state index in [1.807, 2.05) is 91.0 Å². The van der Waals surface area contributed by atoms with Crippen LogP contribution in [0.2, 0.25) is 0 Å². The molecular formula is C61H56O15. The SMILES string of the molecule is O=C(OC[C@H]1O[C@H](O[C@H]2[C@H](OCc3ccccc3)[C@@H](OCc3ccccc3)[C@@H](O)O[C@@H]2COCc2ccccc2)[C@H](OC(=O)c2ccccc2)[C@@H](OC(=O)c2ccccc2)[C@@H]1OC(=O)c1ccccc1)c1ccccc1. The first-order valence-electron chi connectivity index (χ1n) is 24.8. The van der Waals surface area contributed by atoms with Gasteiger partial charge in [0.05, 0.1) is 48.7 Å². The summed E-state index contributed by atoms with van der Waals surface area (Å²) in [5, 5.41) is 11.9. The van der Waals surface area contributed by atoms with Crippen LogP contribution in [0.4, 0.5) is 0 Å². The highest BCUT2D eigenvalue weighted by Crippen LogP contribution is 2.36. The number of benzene rings is 7. The molecule has 390 valence electrons. The number of hydrogen-bond acceptors (Lipinski definition) is 15. The van der Waals surface area contributed by atoms with E-state index < -0.39 is 91.9 Å². The molecule has 0 spiro atoms. The topological polar surface area (TPSA) is 181 Å². The fraction of sp³-hybridized carbons (Fsp3) is 0.246. The molecule has 15 nitrogen and oxygen atoms in total. The molecule has 7 aromatic rings. The number of esters is 4. The normalized spacial score (nSPS) is 23.1. The molecule has 76 heavy (non-hydrogen) atoms. The Morgan fingerprint density at radius 1 is 0.368 bits per heavy atom. The number of rotatable bonds is 21. The lowest BCUT2D eigenvalue weighted by atomic mass is 9.95. The molecule has 1 N–H and O–H groups in total. The highest BCUT2D eigenvalue weighted by Gasteiger charge is 2.57. The Bertz CT molecular complexity index is 2900. The summed E-state index contributed by atoms with van der Waals surface area (Å²) in [7, 11) is 0. The smallest absolute Gasteiger partial charge is 0.338 e. The molecule has 2 aliphatic rings. The molecule has 0 saturated carbocycles. The summed E-state index contributed by atoms with van der Waals surface area (Å²) >= 11 is 0. The first kappa shape index (κ1) is 53.0. The van der Waals surface area contributed by atoms with Gasteiger partial charge >= 0.3 is 23.9 Å². The lowest BCUT2D eigenvalue weighted by molar-refractivity contribution is -0.363. The summed E-state index contributed by atoms with van der Waals surface area (Å²) in [5.41, 5.74) is 2.98. The Kier molecular flexibility index (Phi) is 18.5. The Labute approximate surface area is 439 Å². The Morgan fingerprint density at radius 3 is 1.20 bits per heavy atom. The van der Waals surface area contributed by atoms with E-state index in [1.54, 1.807) is 84.9 Å². The predicted octanol–water partition coefficient (Wildman–Crippen LogP) is 8.74. The number of carbonyl (C=O) groups excluding carboxylic acids is 4. The minimum atomic E-state index is -1.77. The van der Waals surface area contributed by atoms with Gasteiger partial charge in [-0.15, -0.1) is 0 Å². The molecule has 9 rings (SSSR count). The van der Waals surface area contributed by atoms with E-state index >= 15 is 0 Å². The molecule has 2 fully saturated rings. The van der Waals surface area contributed by atoms with Crippen molar-refractivity contribution in [1.82, 2.24) is 0 Å². The number of hydrogen-bond donors (Lipinski definition) is 1. The molecular weight excluding hydrogens is 973 g/mol. The van der Waals surface area contributed by atoms with Gasteiger partial charge in [0.15, 0.2) is 30.9 Å². The average molecular weight is 1030 g/mol. The van der Waals surface area contributed by atoms with Crippen molar-refractivity contribution in [3.05, 3.63) is 251 Å². The fourth-order valence-electron chi connectivity index (χ4n) is 8.75. The molecule has 7 aromatic carbocycles. The standard InChI is InChI=1S/C61H56O15/c62-56(44-28-14-4-15-29-44)70-40-49-51(73-57(63)45-30-16-5-17-31-45)53(74-58(64)46-32-18-6-19-33-46)55(75-59(65)47-34-20-7-21-35-47)61(72-49)76-50-48(39-67-36-41-22-8-1-9-23-41)71-60(66)54(69-38-43-26-12-3-13-27-43)52(50)68-37-42-24-10-2-11-25-42/h1-35,48-55,60-61,66H,36-40H2/t48-,49-,50-,51-,52+,53+,54-,55-,60+,61-/m1/s1. The maximum absolute atomic E-state index is 14.5. The molecule has 2 aliphatic heterocycles. The number of aliphatic hydroxyl groups excluding tert-OH is 1. The second kappa shape index (κ2) is 26.6. The summed E-state index contributed by atoms with van der Waals surface area (Å²) < 4.78 is 64.8. The monoisotopic (exact) mass is 1030 g/mol. The lowest BCUT2D eigenvalue weighted by Gasteiger charge is -2.49. The number of carbonyl (C=O) groups is 4. The van der Waals surface area contributed by atoms with Gasteiger partial charge in [0.2, 0.25) is 0 Å². The predicted molar refractivity (Wildman–Crippen MR) is 274 cm³/mol. The van der Waals surface area contributed by atoms with Gasteiger partial charge in [-0.1, -0.05) is 164 Å². The zero-order chi connectivity index (χ0) is 52.5.